The number of rotatable bonds is 6. The maximum absolute atomic E-state index is 12.4. The number of halogens is 3. The molecule has 0 saturated heterocycles. The van der Waals surface area contributed by atoms with Crippen LogP contribution in [0.4, 0.5) is 19.1 Å². The Morgan fingerprint density at radius 1 is 1.50 bits per heavy atom. The maximum Gasteiger partial charge on any atom is 0.401 e. The molecule has 0 spiro atoms. The Hall–Kier alpha value is -1.57. The molecule has 1 heterocycles. The van der Waals surface area contributed by atoms with E-state index < -0.39 is 18.6 Å². The molecule has 0 saturated carbocycles. The van der Waals surface area contributed by atoms with Gasteiger partial charge in [-0.05, 0) is 12.8 Å². The first-order valence-electron chi connectivity index (χ1n) is 6.18. The number of alkyl halides is 3. The van der Waals surface area contributed by atoms with Crippen molar-refractivity contribution in [1.82, 2.24) is 10.1 Å². The van der Waals surface area contributed by atoms with Gasteiger partial charge < -0.3 is 4.52 Å². The summed E-state index contributed by atoms with van der Waals surface area (Å²) in [6, 6.07) is 1.49. The van der Waals surface area contributed by atoms with Crippen molar-refractivity contribution in [2.24, 2.45) is 5.92 Å². The largest absolute Gasteiger partial charge is 0.401 e. The van der Waals surface area contributed by atoms with Gasteiger partial charge in [-0.25, -0.2) is 0 Å². The molecule has 0 fully saturated rings. The average molecular weight is 293 g/mol. The minimum absolute atomic E-state index is 0.0256. The summed E-state index contributed by atoms with van der Waals surface area (Å²) in [6.07, 6.45) is -4.34. The third kappa shape index (κ3) is 6.55. The van der Waals surface area contributed by atoms with Gasteiger partial charge in [0.25, 0.3) is 0 Å². The van der Waals surface area contributed by atoms with E-state index in [1.54, 1.807) is 20.8 Å². The summed E-state index contributed by atoms with van der Waals surface area (Å²) in [7, 11) is 0. The second-order valence-electron chi connectivity index (χ2n) is 5.06. The van der Waals surface area contributed by atoms with Gasteiger partial charge in [0.05, 0.1) is 18.8 Å². The predicted molar refractivity (Wildman–Crippen MR) is 67.2 cm³/mol. The summed E-state index contributed by atoms with van der Waals surface area (Å²) in [5, 5.41) is 5.95. The Bertz CT molecular complexity index is 443. The number of hydrogen-bond acceptors (Lipinski definition) is 4. The predicted octanol–water partition coefficient (Wildman–Crippen LogP) is 2.44. The number of aryl methyl sites for hydroxylation is 1. The van der Waals surface area contributed by atoms with E-state index in [0.29, 0.717) is 5.69 Å². The molecule has 1 aromatic heterocycles. The second-order valence-corrected chi connectivity index (χ2v) is 5.06. The van der Waals surface area contributed by atoms with Gasteiger partial charge in [-0.3, -0.25) is 15.0 Å². The maximum atomic E-state index is 12.4. The first-order valence-corrected chi connectivity index (χ1v) is 6.18. The monoisotopic (exact) mass is 293 g/mol. The lowest BCUT2D eigenvalue weighted by Gasteiger charge is -2.24. The molecule has 0 aliphatic rings. The van der Waals surface area contributed by atoms with E-state index in [2.05, 4.69) is 10.5 Å². The van der Waals surface area contributed by atoms with E-state index in [0.717, 1.165) is 4.90 Å². The molecule has 1 rings (SSSR count). The summed E-state index contributed by atoms with van der Waals surface area (Å²) >= 11 is 0. The van der Waals surface area contributed by atoms with Crippen LogP contribution in [0.3, 0.4) is 0 Å². The molecule has 20 heavy (non-hydrogen) atoms. The van der Waals surface area contributed by atoms with Crippen LogP contribution in [0, 0.1) is 12.8 Å². The van der Waals surface area contributed by atoms with Crippen LogP contribution in [0.1, 0.15) is 19.5 Å². The van der Waals surface area contributed by atoms with Gasteiger partial charge in [-0.2, -0.15) is 13.2 Å². The Kier molecular flexibility index (Phi) is 5.55. The lowest BCUT2D eigenvalue weighted by molar-refractivity contribution is -0.148. The smallest absolute Gasteiger partial charge is 0.338 e. The molecule has 0 unspecified atom stereocenters. The SMILES string of the molecule is Cc1cc(NC(=O)CN(CC(C)C)CC(F)(F)F)on1. The molecule has 1 amide bonds. The Morgan fingerprint density at radius 3 is 2.60 bits per heavy atom. The molecule has 8 heteroatoms. The summed E-state index contributed by atoms with van der Waals surface area (Å²) < 4.78 is 42.1. The summed E-state index contributed by atoms with van der Waals surface area (Å²) in [4.78, 5) is 12.8. The fourth-order valence-electron chi connectivity index (χ4n) is 1.76. The lowest BCUT2D eigenvalue weighted by Crippen LogP contribution is -2.41. The number of amides is 1. The van der Waals surface area contributed by atoms with Crippen LogP contribution in [0.2, 0.25) is 0 Å². The minimum atomic E-state index is -4.34. The summed E-state index contributed by atoms with van der Waals surface area (Å²) in [5.74, 6) is -0.410. The van der Waals surface area contributed by atoms with Gasteiger partial charge in [0.1, 0.15) is 0 Å². The number of carbonyl (C=O) groups excluding carboxylic acids is 1. The third-order valence-corrected chi connectivity index (χ3v) is 2.28. The van der Waals surface area contributed by atoms with Crippen molar-refractivity contribution < 1.29 is 22.5 Å². The third-order valence-electron chi connectivity index (χ3n) is 2.28. The number of nitrogens with zero attached hydrogens (tertiary/aromatic N) is 2. The van der Waals surface area contributed by atoms with E-state index in [9.17, 15) is 18.0 Å². The van der Waals surface area contributed by atoms with Crippen LogP contribution in [0.5, 0.6) is 0 Å². The molecule has 0 aliphatic carbocycles. The van der Waals surface area contributed by atoms with Crippen molar-refractivity contribution in [2.45, 2.75) is 26.9 Å². The fraction of sp³-hybridized carbons (Fsp3) is 0.667. The van der Waals surface area contributed by atoms with Crippen LogP contribution >= 0.6 is 0 Å². The quantitative estimate of drug-likeness (QED) is 0.875. The van der Waals surface area contributed by atoms with Crippen molar-refractivity contribution in [3.8, 4) is 0 Å². The van der Waals surface area contributed by atoms with Crippen molar-refractivity contribution >= 4 is 11.8 Å². The zero-order valence-electron chi connectivity index (χ0n) is 11.6. The van der Waals surface area contributed by atoms with Crippen molar-refractivity contribution in [1.29, 1.82) is 0 Å². The van der Waals surface area contributed by atoms with E-state index in [4.69, 9.17) is 4.52 Å². The molecular weight excluding hydrogens is 275 g/mol. The lowest BCUT2D eigenvalue weighted by atomic mass is 10.2. The molecular formula is C12H18F3N3O2. The number of aromatic nitrogens is 1. The molecule has 1 aromatic rings. The zero-order valence-corrected chi connectivity index (χ0v) is 11.6. The van der Waals surface area contributed by atoms with Crippen LogP contribution < -0.4 is 5.32 Å². The summed E-state index contributed by atoms with van der Waals surface area (Å²) in [5.41, 5.74) is 0.578. The average Bonchev–Trinajstić information content (AvgIpc) is 2.59. The summed E-state index contributed by atoms with van der Waals surface area (Å²) in [6.45, 7) is 3.98. The van der Waals surface area contributed by atoms with Gasteiger partial charge in [0.2, 0.25) is 11.8 Å². The van der Waals surface area contributed by atoms with Crippen LogP contribution in [0.25, 0.3) is 0 Å². The van der Waals surface area contributed by atoms with Gasteiger partial charge in [-0.15, -0.1) is 0 Å². The zero-order chi connectivity index (χ0) is 15.3. The molecule has 114 valence electrons. The van der Waals surface area contributed by atoms with Crippen molar-refractivity contribution in [3.05, 3.63) is 11.8 Å². The van der Waals surface area contributed by atoms with Gasteiger partial charge in [-0.1, -0.05) is 19.0 Å². The van der Waals surface area contributed by atoms with E-state index in [1.165, 1.54) is 6.07 Å². The molecule has 0 atom stereocenters. The van der Waals surface area contributed by atoms with E-state index >= 15 is 0 Å². The second kappa shape index (κ2) is 6.74. The minimum Gasteiger partial charge on any atom is -0.338 e. The highest BCUT2D eigenvalue weighted by atomic mass is 19.4. The number of carbonyl (C=O) groups is 1. The molecule has 0 radical (unpaired) electrons. The first kappa shape index (κ1) is 16.5. The number of nitrogens with one attached hydrogen (secondary N) is 1. The van der Waals surface area contributed by atoms with Crippen molar-refractivity contribution in [2.75, 3.05) is 25.0 Å². The Morgan fingerprint density at radius 2 is 2.15 bits per heavy atom. The van der Waals surface area contributed by atoms with Crippen molar-refractivity contribution in [3.63, 3.8) is 0 Å². The van der Waals surface area contributed by atoms with Crippen LogP contribution in [0.15, 0.2) is 10.6 Å². The Labute approximate surface area is 115 Å². The highest BCUT2D eigenvalue weighted by Crippen LogP contribution is 2.17. The highest BCUT2D eigenvalue weighted by molar-refractivity contribution is 5.90. The van der Waals surface area contributed by atoms with Gasteiger partial charge in [0, 0.05) is 12.6 Å². The first-order chi connectivity index (χ1) is 9.15. The highest BCUT2D eigenvalue weighted by Gasteiger charge is 2.31. The molecule has 5 nitrogen and oxygen atoms in total. The molecule has 1 N–H and O–H groups in total. The van der Waals surface area contributed by atoms with E-state index in [1.807, 2.05) is 0 Å². The number of anilines is 1. The van der Waals surface area contributed by atoms with Gasteiger partial charge >= 0.3 is 6.18 Å². The number of hydrogen-bond donors (Lipinski definition) is 1. The Balaban J connectivity index is 2.57. The van der Waals surface area contributed by atoms with Crippen LogP contribution in [-0.2, 0) is 4.79 Å². The standard InChI is InChI=1S/C12H18F3N3O2/c1-8(2)5-18(7-12(13,14)15)6-10(19)16-11-4-9(3)17-20-11/h4,8H,5-7H2,1-3H3,(H,16,19). The fourth-order valence-corrected chi connectivity index (χ4v) is 1.76. The topological polar surface area (TPSA) is 58.4 Å². The van der Waals surface area contributed by atoms with Crippen LogP contribution in [-0.4, -0.2) is 41.8 Å². The normalized spacial score (nSPS) is 12.2. The molecule has 0 aliphatic heterocycles. The molecule has 0 aromatic carbocycles. The van der Waals surface area contributed by atoms with Gasteiger partial charge in [0.15, 0.2) is 0 Å². The van der Waals surface area contributed by atoms with E-state index in [-0.39, 0.29) is 24.9 Å². The molecule has 0 bridgehead atoms.